The molecule has 0 saturated carbocycles. The third kappa shape index (κ3) is 4.63. The van der Waals surface area contributed by atoms with Gasteiger partial charge in [-0.2, -0.15) is 10.5 Å². The SMILES string of the molecule is N#CSC/C(=C(\C#N)c1nnc(NC(=O)c2ccccc2)s1)c1ccccc1. The molecule has 0 spiro atoms. The van der Waals surface area contributed by atoms with E-state index < -0.39 is 0 Å². The van der Waals surface area contributed by atoms with Crippen LogP contribution in [0, 0.1) is 22.0 Å². The molecule has 1 N–H and O–H groups in total. The van der Waals surface area contributed by atoms with Gasteiger partial charge in [-0.1, -0.05) is 59.9 Å². The Kier molecular flexibility index (Phi) is 6.53. The molecule has 3 rings (SSSR count). The molecule has 0 unspecified atom stereocenters. The molecule has 1 aromatic heterocycles. The quantitative estimate of drug-likeness (QED) is 0.482. The van der Waals surface area contributed by atoms with E-state index in [9.17, 15) is 10.1 Å². The minimum Gasteiger partial charge on any atom is -0.296 e. The highest BCUT2D eigenvalue weighted by Crippen LogP contribution is 2.31. The van der Waals surface area contributed by atoms with Crippen LogP contribution in [0.1, 0.15) is 20.9 Å². The molecule has 0 bridgehead atoms. The van der Waals surface area contributed by atoms with Crippen molar-refractivity contribution in [1.29, 1.82) is 10.5 Å². The summed E-state index contributed by atoms with van der Waals surface area (Å²) in [5.74, 6) is 0.0448. The van der Waals surface area contributed by atoms with E-state index >= 15 is 0 Å². The highest BCUT2D eigenvalue weighted by atomic mass is 32.2. The van der Waals surface area contributed by atoms with Gasteiger partial charge in [0, 0.05) is 11.3 Å². The Bertz CT molecular complexity index is 1080. The van der Waals surface area contributed by atoms with E-state index in [1.54, 1.807) is 24.3 Å². The average molecular weight is 403 g/mol. The van der Waals surface area contributed by atoms with E-state index in [2.05, 4.69) is 21.6 Å². The van der Waals surface area contributed by atoms with E-state index in [1.165, 1.54) is 0 Å². The normalized spacial score (nSPS) is 11.1. The summed E-state index contributed by atoms with van der Waals surface area (Å²) in [6.45, 7) is 0. The first-order chi connectivity index (χ1) is 13.7. The van der Waals surface area contributed by atoms with Crippen LogP contribution in [0.4, 0.5) is 5.13 Å². The fraction of sp³-hybridized carbons (Fsp3) is 0.0500. The molecule has 3 aromatic rings. The molecule has 28 heavy (non-hydrogen) atoms. The molecule has 0 saturated heterocycles. The minimum atomic E-state index is -0.297. The van der Waals surface area contributed by atoms with Gasteiger partial charge < -0.3 is 0 Å². The van der Waals surface area contributed by atoms with Crippen LogP contribution in [0.25, 0.3) is 11.1 Å². The summed E-state index contributed by atoms with van der Waals surface area (Å²) in [7, 11) is 0. The van der Waals surface area contributed by atoms with Crippen LogP contribution < -0.4 is 5.32 Å². The molecule has 0 aliphatic rings. The van der Waals surface area contributed by atoms with E-state index in [4.69, 9.17) is 5.26 Å². The number of thiocyanates is 1. The second-order valence-corrected chi connectivity index (χ2v) is 7.18. The maximum absolute atomic E-state index is 12.3. The lowest BCUT2D eigenvalue weighted by molar-refractivity contribution is 0.102. The lowest BCUT2D eigenvalue weighted by Gasteiger charge is -2.07. The molecular formula is C20H13N5OS2. The van der Waals surface area contributed by atoms with E-state index in [0.717, 1.165) is 28.7 Å². The van der Waals surface area contributed by atoms with Crippen molar-refractivity contribution >= 4 is 45.3 Å². The Hall–Kier alpha value is -3.46. The molecule has 1 heterocycles. The number of hydrogen-bond acceptors (Lipinski definition) is 7. The number of anilines is 1. The highest BCUT2D eigenvalue weighted by Gasteiger charge is 2.17. The van der Waals surface area contributed by atoms with E-state index in [1.807, 2.05) is 41.8 Å². The monoisotopic (exact) mass is 403 g/mol. The fourth-order valence-electron chi connectivity index (χ4n) is 2.42. The lowest BCUT2D eigenvalue weighted by atomic mass is 10.0. The number of thioether (sulfide) groups is 1. The second kappa shape index (κ2) is 9.47. The van der Waals surface area contributed by atoms with Gasteiger partial charge >= 0.3 is 0 Å². The van der Waals surface area contributed by atoms with Crippen LogP contribution in [0.15, 0.2) is 60.7 Å². The van der Waals surface area contributed by atoms with Gasteiger partial charge in [0.2, 0.25) is 5.13 Å². The Labute approximate surface area is 170 Å². The highest BCUT2D eigenvalue weighted by molar-refractivity contribution is 8.04. The number of allylic oxidation sites excluding steroid dienone is 1. The Balaban J connectivity index is 1.92. The Morgan fingerprint density at radius 2 is 1.64 bits per heavy atom. The fourth-order valence-corrected chi connectivity index (χ4v) is 3.70. The maximum atomic E-state index is 12.3. The number of benzene rings is 2. The van der Waals surface area contributed by atoms with Gasteiger partial charge in [-0.15, -0.1) is 10.2 Å². The molecule has 1 amide bonds. The van der Waals surface area contributed by atoms with Gasteiger partial charge in [0.15, 0.2) is 5.01 Å². The summed E-state index contributed by atoms with van der Waals surface area (Å²) in [5, 5.41) is 32.1. The zero-order valence-electron chi connectivity index (χ0n) is 14.5. The number of hydrogen-bond donors (Lipinski definition) is 1. The zero-order valence-corrected chi connectivity index (χ0v) is 16.1. The topological polar surface area (TPSA) is 102 Å². The summed E-state index contributed by atoms with van der Waals surface area (Å²) in [6.07, 6.45) is 0. The van der Waals surface area contributed by atoms with Crippen molar-refractivity contribution in [3.63, 3.8) is 0 Å². The van der Waals surface area contributed by atoms with Gasteiger partial charge in [0.1, 0.15) is 11.5 Å². The van der Waals surface area contributed by atoms with Gasteiger partial charge in [0.25, 0.3) is 5.91 Å². The summed E-state index contributed by atoms with van der Waals surface area (Å²) in [5.41, 5.74) is 2.39. The summed E-state index contributed by atoms with van der Waals surface area (Å²) < 4.78 is 0. The minimum absolute atomic E-state index is 0.297. The van der Waals surface area contributed by atoms with Crippen molar-refractivity contribution < 1.29 is 4.79 Å². The molecule has 0 fully saturated rings. The smallest absolute Gasteiger partial charge is 0.257 e. The van der Waals surface area contributed by atoms with Crippen molar-refractivity contribution in [2.24, 2.45) is 0 Å². The molecule has 0 atom stereocenters. The van der Waals surface area contributed by atoms with Crippen LogP contribution in [0.2, 0.25) is 0 Å². The van der Waals surface area contributed by atoms with Crippen LogP contribution in [0.5, 0.6) is 0 Å². The van der Waals surface area contributed by atoms with Crippen LogP contribution in [0.3, 0.4) is 0 Å². The van der Waals surface area contributed by atoms with Crippen molar-refractivity contribution in [3.05, 3.63) is 76.8 Å². The van der Waals surface area contributed by atoms with Crippen LogP contribution in [-0.4, -0.2) is 21.9 Å². The summed E-state index contributed by atoms with van der Waals surface area (Å²) >= 11 is 2.17. The first kappa shape index (κ1) is 19.3. The molecule has 0 aliphatic carbocycles. The Morgan fingerprint density at radius 1 is 1.00 bits per heavy atom. The van der Waals surface area contributed by atoms with Gasteiger partial charge in [-0.3, -0.25) is 10.1 Å². The molecule has 0 radical (unpaired) electrons. The first-order valence-electron chi connectivity index (χ1n) is 8.12. The standard InChI is InChI=1S/C20H13N5OS2/c21-11-16(17(12-27-13-22)14-7-3-1-4-8-14)19-24-25-20(28-19)23-18(26)15-9-5-2-6-10-15/h1-10H,12H2,(H,23,25,26)/b17-16-. The number of rotatable bonds is 6. The van der Waals surface area contributed by atoms with Crippen LogP contribution in [-0.2, 0) is 0 Å². The molecule has 6 nitrogen and oxygen atoms in total. The van der Waals surface area contributed by atoms with Gasteiger partial charge in [0.05, 0.1) is 5.57 Å². The second-order valence-electron chi connectivity index (χ2n) is 5.44. The van der Waals surface area contributed by atoms with Gasteiger partial charge in [-0.05, 0) is 35.0 Å². The van der Waals surface area contributed by atoms with E-state index in [-0.39, 0.29) is 5.91 Å². The molecule has 136 valence electrons. The third-order valence-corrected chi connectivity index (χ3v) is 5.13. The predicted molar refractivity (Wildman–Crippen MR) is 111 cm³/mol. The summed E-state index contributed by atoms with van der Waals surface area (Å²) in [4.78, 5) is 12.3. The summed E-state index contributed by atoms with van der Waals surface area (Å²) in [6, 6.07) is 20.3. The van der Waals surface area contributed by atoms with Crippen molar-refractivity contribution in [1.82, 2.24) is 10.2 Å². The number of amides is 1. The van der Waals surface area contributed by atoms with Crippen molar-refractivity contribution in [2.45, 2.75) is 0 Å². The maximum Gasteiger partial charge on any atom is 0.257 e. The van der Waals surface area contributed by atoms with Crippen molar-refractivity contribution in [2.75, 3.05) is 11.1 Å². The number of carbonyl (C=O) groups is 1. The molecule has 2 aromatic carbocycles. The Morgan fingerprint density at radius 3 is 2.25 bits per heavy atom. The average Bonchev–Trinajstić information content (AvgIpc) is 3.20. The third-order valence-electron chi connectivity index (χ3n) is 3.71. The van der Waals surface area contributed by atoms with Crippen LogP contribution >= 0.6 is 23.1 Å². The largest absolute Gasteiger partial charge is 0.296 e. The van der Waals surface area contributed by atoms with Crippen molar-refractivity contribution in [3.8, 4) is 11.5 Å². The number of carbonyl (C=O) groups excluding carboxylic acids is 1. The number of nitriles is 2. The number of nitrogens with one attached hydrogen (secondary N) is 1. The molecule has 8 heteroatoms. The molecule has 0 aliphatic heterocycles. The first-order valence-corrected chi connectivity index (χ1v) is 9.93. The van der Waals surface area contributed by atoms with Gasteiger partial charge in [-0.25, -0.2) is 0 Å². The lowest BCUT2D eigenvalue weighted by Crippen LogP contribution is -2.11. The number of nitrogens with zero attached hydrogens (tertiary/aromatic N) is 4. The van der Waals surface area contributed by atoms with E-state index in [0.29, 0.717) is 32.6 Å². The zero-order chi connectivity index (χ0) is 19.8. The molecular weight excluding hydrogens is 390 g/mol. The number of aromatic nitrogens is 2. The predicted octanol–water partition coefficient (Wildman–Crippen LogP) is 4.44.